The summed E-state index contributed by atoms with van der Waals surface area (Å²) in [5, 5.41) is 3.32. The quantitative estimate of drug-likeness (QED) is 0.871. The third-order valence-electron chi connectivity index (χ3n) is 5.00. The van der Waals surface area contributed by atoms with Crippen LogP contribution in [0.25, 0.3) is 0 Å². The molecule has 0 bridgehead atoms. The molecule has 2 amide bonds. The van der Waals surface area contributed by atoms with Crippen LogP contribution in [0, 0.1) is 11.8 Å². The maximum absolute atomic E-state index is 12.7. The molecular formula is C19H20ClN5O2. The van der Waals surface area contributed by atoms with Crippen molar-refractivity contribution in [3.63, 3.8) is 0 Å². The first kappa shape index (κ1) is 17.7. The predicted molar refractivity (Wildman–Crippen MR) is 103 cm³/mol. The second kappa shape index (κ2) is 7.52. The second-order valence-electron chi connectivity index (χ2n) is 6.78. The number of benzene rings is 1. The lowest BCUT2D eigenvalue weighted by atomic mass is 10.2. The van der Waals surface area contributed by atoms with Crippen LogP contribution in [-0.4, -0.2) is 52.9 Å². The number of para-hydroxylation sites is 1. The van der Waals surface area contributed by atoms with Gasteiger partial charge in [0, 0.05) is 38.6 Å². The van der Waals surface area contributed by atoms with Gasteiger partial charge in [0.15, 0.2) is 0 Å². The molecule has 4 rings (SSSR count). The number of amides is 2. The van der Waals surface area contributed by atoms with Crippen molar-refractivity contribution in [1.82, 2.24) is 14.9 Å². The van der Waals surface area contributed by atoms with Gasteiger partial charge in [-0.15, -0.1) is 0 Å². The molecule has 2 aliphatic rings. The minimum Gasteiger partial charge on any atom is -0.339 e. The van der Waals surface area contributed by atoms with Gasteiger partial charge < -0.3 is 15.1 Å². The second-order valence-corrected chi connectivity index (χ2v) is 7.19. The molecule has 27 heavy (non-hydrogen) atoms. The number of carbonyl (C=O) groups excluding carboxylic acids is 2. The minimum atomic E-state index is -0.274. The van der Waals surface area contributed by atoms with Crippen LogP contribution in [0.5, 0.6) is 0 Å². The molecule has 0 radical (unpaired) electrons. The average molecular weight is 386 g/mol. The normalized spacial score (nSPS) is 21.7. The van der Waals surface area contributed by atoms with Gasteiger partial charge in [-0.25, -0.2) is 9.97 Å². The molecule has 1 aliphatic heterocycles. The van der Waals surface area contributed by atoms with Crippen LogP contribution in [0.3, 0.4) is 0 Å². The van der Waals surface area contributed by atoms with Crippen LogP contribution in [0.1, 0.15) is 6.42 Å². The van der Waals surface area contributed by atoms with Crippen molar-refractivity contribution in [1.29, 1.82) is 0 Å². The summed E-state index contributed by atoms with van der Waals surface area (Å²) < 4.78 is 0. The maximum Gasteiger partial charge on any atom is 0.228 e. The highest BCUT2D eigenvalue weighted by Crippen LogP contribution is 2.41. The Kier molecular flexibility index (Phi) is 4.94. The summed E-state index contributed by atoms with van der Waals surface area (Å²) in [4.78, 5) is 37.5. The molecule has 1 N–H and O–H groups in total. The fourth-order valence-corrected chi connectivity index (χ4v) is 3.54. The van der Waals surface area contributed by atoms with Crippen molar-refractivity contribution in [2.24, 2.45) is 11.8 Å². The zero-order valence-electron chi connectivity index (χ0n) is 14.7. The number of hydrogen-bond acceptors (Lipinski definition) is 5. The van der Waals surface area contributed by atoms with E-state index in [-0.39, 0.29) is 23.7 Å². The highest BCUT2D eigenvalue weighted by atomic mass is 35.5. The van der Waals surface area contributed by atoms with Crippen molar-refractivity contribution >= 4 is 35.1 Å². The van der Waals surface area contributed by atoms with Crippen LogP contribution in [0.15, 0.2) is 42.7 Å². The molecule has 1 saturated heterocycles. The third kappa shape index (κ3) is 3.88. The Morgan fingerprint density at radius 2 is 1.70 bits per heavy atom. The van der Waals surface area contributed by atoms with E-state index in [2.05, 4.69) is 20.2 Å². The largest absolute Gasteiger partial charge is 0.339 e. The predicted octanol–water partition coefficient (Wildman–Crippen LogP) is 2.05. The molecule has 8 heteroatoms. The van der Waals surface area contributed by atoms with E-state index in [1.165, 1.54) is 0 Å². The van der Waals surface area contributed by atoms with Crippen LogP contribution >= 0.6 is 11.6 Å². The zero-order valence-corrected chi connectivity index (χ0v) is 15.5. The lowest BCUT2D eigenvalue weighted by molar-refractivity contribution is -0.134. The number of rotatable bonds is 4. The molecule has 0 spiro atoms. The summed E-state index contributed by atoms with van der Waals surface area (Å²) in [6, 6.07) is 8.88. The van der Waals surface area contributed by atoms with Crippen molar-refractivity contribution in [3.05, 3.63) is 47.7 Å². The lowest BCUT2D eigenvalue weighted by Crippen LogP contribution is -2.50. The summed E-state index contributed by atoms with van der Waals surface area (Å²) in [5.74, 6) is 0.102. The summed E-state index contributed by atoms with van der Waals surface area (Å²) in [5.41, 5.74) is 0.582. The number of anilines is 2. The van der Waals surface area contributed by atoms with E-state index >= 15 is 0 Å². The Labute approximate surface area is 162 Å². The fourth-order valence-electron chi connectivity index (χ4n) is 3.36. The standard InChI is InChI=1S/C19H20ClN5O2/c20-15-4-1-2-5-16(15)23-17(26)13-12-14(13)18(27)24-8-10-25(11-9-24)19-21-6-3-7-22-19/h1-7,13-14H,8-12H2,(H,23,26). The molecule has 1 saturated carbocycles. The first-order chi connectivity index (χ1) is 13.1. The number of nitrogens with zero attached hydrogens (tertiary/aromatic N) is 4. The molecule has 2 heterocycles. The number of nitrogens with one attached hydrogen (secondary N) is 1. The number of piperazine rings is 1. The van der Waals surface area contributed by atoms with Crippen molar-refractivity contribution < 1.29 is 9.59 Å². The van der Waals surface area contributed by atoms with Crippen LogP contribution in [-0.2, 0) is 9.59 Å². The number of carbonyl (C=O) groups is 2. The number of halogens is 1. The Hall–Kier alpha value is -2.67. The monoisotopic (exact) mass is 385 g/mol. The van der Waals surface area contributed by atoms with E-state index in [0.29, 0.717) is 49.3 Å². The zero-order chi connectivity index (χ0) is 18.8. The van der Waals surface area contributed by atoms with E-state index < -0.39 is 0 Å². The summed E-state index contributed by atoms with van der Waals surface area (Å²) >= 11 is 6.07. The van der Waals surface area contributed by atoms with E-state index in [1.807, 2.05) is 17.0 Å². The van der Waals surface area contributed by atoms with Gasteiger partial charge in [-0.3, -0.25) is 9.59 Å². The number of aromatic nitrogens is 2. The maximum atomic E-state index is 12.7. The molecule has 140 valence electrons. The molecular weight excluding hydrogens is 366 g/mol. The Morgan fingerprint density at radius 3 is 2.41 bits per heavy atom. The SMILES string of the molecule is O=C(Nc1ccccc1Cl)C1CC1C(=O)N1CCN(c2ncccn2)CC1. The Balaban J connectivity index is 1.29. The molecule has 7 nitrogen and oxygen atoms in total. The number of hydrogen-bond donors (Lipinski definition) is 1. The first-order valence-electron chi connectivity index (χ1n) is 8.99. The van der Waals surface area contributed by atoms with E-state index in [9.17, 15) is 9.59 Å². The molecule has 1 aliphatic carbocycles. The molecule has 1 aromatic carbocycles. The van der Waals surface area contributed by atoms with Gasteiger partial charge in [0.25, 0.3) is 0 Å². The summed E-state index contributed by atoms with van der Waals surface area (Å²) in [6.07, 6.45) is 4.02. The van der Waals surface area contributed by atoms with E-state index in [1.54, 1.807) is 30.6 Å². The van der Waals surface area contributed by atoms with Crippen molar-refractivity contribution in [3.8, 4) is 0 Å². The first-order valence-corrected chi connectivity index (χ1v) is 9.37. The third-order valence-corrected chi connectivity index (χ3v) is 5.33. The van der Waals surface area contributed by atoms with Gasteiger partial charge in [-0.1, -0.05) is 23.7 Å². The average Bonchev–Trinajstić information content (AvgIpc) is 3.51. The van der Waals surface area contributed by atoms with Gasteiger partial charge in [-0.05, 0) is 24.6 Å². The highest BCUT2D eigenvalue weighted by molar-refractivity contribution is 6.33. The van der Waals surface area contributed by atoms with Gasteiger partial charge in [0.1, 0.15) is 0 Å². The Morgan fingerprint density at radius 1 is 1.00 bits per heavy atom. The van der Waals surface area contributed by atoms with Crippen LogP contribution in [0.4, 0.5) is 11.6 Å². The highest BCUT2D eigenvalue weighted by Gasteiger charge is 2.49. The molecule has 2 fully saturated rings. The smallest absolute Gasteiger partial charge is 0.228 e. The lowest BCUT2D eigenvalue weighted by Gasteiger charge is -2.34. The van der Waals surface area contributed by atoms with Gasteiger partial charge in [-0.2, -0.15) is 0 Å². The molecule has 1 aromatic heterocycles. The molecule has 2 unspecified atom stereocenters. The van der Waals surface area contributed by atoms with Crippen molar-refractivity contribution in [2.75, 3.05) is 36.4 Å². The van der Waals surface area contributed by atoms with E-state index in [4.69, 9.17) is 11.6 Å². The Bertz CT molecular complexity index is 839. The van der Waals surface area contributed by atoms with E-state index in [0.717, 1.165) is 0 Å². The van der Waals surface area contributed by atoms with Gasteiger partial charge in [0.2, 0.25) is 17.8 Å². The topological polar surface area (TPSA) is 78.4 Å². The summed E-state index contributed by atoms with van der Waals surface area (Å²) in [7, 11) is 0. The molecule has 2 aromatic rings. The minimum absolute atomic E-state index is 0.0583. The molecule has 2 atom stereocenters. The van der Waals surface area contributed by atoms with Gasteiger partial charge >= 0.3 is 0 Å². The summed E-state index contributed by atoms with van der Waals surface area (Å²) in [6.45, 7) is 2.62. The van der Waals surface area contributed by atoms with Crippen LogP contribution in [0.2, 0.25) is 5.02 Å². The van der Waals surface area contributed by atoms with Crippen LogP contribution < -0.4 is 10.2 Å². The fraction of sp³-hybridized carbons (Fsp3) is 0.368. The van der Waals surface area contributed by atoms with Crippen molar-refractivity contribution in [2.45, 2.75) is 6.42 Å². The van der Waals surface area contributed by atoms with Gasteiger partial charge in [0.05, 0.1) is 22.5 Å².